The van der Waals surface area contributed by atoms with Crippen molar-refractivity contribution in [1.82, 2.24) is 14.5 Å². The van der Waals surface area contributed by atoms with E-state index in [4.69, 9.17) is 19.4 Å². The molecule has 1 saturated heterocycles. The van der Waals surface area contributed by atoms with Crippen molar-refractivity contribution in [3.8, 4) is 0 Å². The Labute approximate surface area is 210 Å². The van der Waals surface area contributed by atoms with E-state index in [9.17, 15) is 13.2 Å². The number of aryl methyl sites for hydroxylation is 1. The van der Waals surface area contributed by atoms with E-state index in [-0.39, 0.29) is 22.9 Å². The zero-order valence-corrected chi connectivity index (χ0v) is 21.5. The molecule has 0 spiro atoms. The molecular formula is C25H31N5O5S. The molecular weight excluding hydrogens is 482 g/mol. The van der Waals surface area contributed by atoms with Gasteiger partial charge in [-0.05, 0) is 56.7 Å². The molecule has 3 aromatic rings. The molecule has 11 heteroatoms. The van der Waals surface area contributed by atoms with Gasteiger partial charge in [0.2, 0.25) is 5.91 Å². The molecule has 36 heavy (non-hydrogen) atoms. The average Bonchev–Trinajstić information content (AvgIpc) is 3.63. The molecule has 1 aliphatic carbocycles. The average molecular weight is 514 g/mol. The molecule has 2 N–H and O–H groups in total. The minimum absolute atomic E-state index is 0.0115. The van der Waals surface area contributed by atoms with Crippen LogP contribution in [0.3, 0.4) is 0 Å². The number of hydrogen-bond donors (Lipinski definition) is 2. The maximum atomic E-state index is 12.6. The van der Waals surface area contributed by atoms with E-state index in [0.29, 0.717) is 41.6 Å². The van der Waals surface area contributed by atoms with E-state index in [1.165, 1.54) is 6.26 Å². The predicted molar refractivity (Wildman–Crippen MR) is 136 cm³/mol. The van der Waals surface area contributed by atoms with Crippen molar-refractivity contribution in [3.05, 3.63) is 35.7 Å². The molecule has 2 aromatic heterocycles. The summed E-state index contributed by atoms with van der Waals surface area (Å²) in [4.78, 5) is 22.2. The molecule has 1 amide bonds. The molecule has 3 heterocycles. The Bertz CT molecular complexity index is 1410. The van der Waals surface area contributed by atoms with Crippen LogP contribution in [0.25, 0.3) is 11.2 Å². The second kappa shape index (κ2) is 9.79. The van der Waals surface area contributed by atoms with E-state index in [1.54, 1.807) is 25.3 Å². The summed E-state index contributed by atoms with van der Waals surface area (Å²) in [5.74, 6) is 1.07. The fraction of sp³-hybridized carbons (Fsp3) is 0.480. The molecule has 192 valence electrons. The number of sulfone groups is 1. The number of methoxy groups -OCH3 is 1. The molecule has 10 nitrogen and oxygen atoms in total. The summed E-state index contributed by atoms with van der Waals surface area (Å²) in [5, 5.41) is 6.19. The van der Waals surface area contributed by atoms with Crippen LogP contribution in [0.2, 0.25) is 0 Å². The van der Waals surface area contributed by atoms with Crippen molar-refractivity contribution < 1.29 is 22.7 Å². The lowest BCUT2D eigenvalue weighted by Crippen LogP contribution is -2.20. The normalized spacial score (nSPS) is 18.4. The van der Waals surface area contributed by atoms with Crippen molar-refractivity contribution in [2.75, 3.05) is 30.6 Å². The number of imidazole rings is 1. The third-order valence-corrected chi connectivity index (χ3v) is 7.63. The number of hydrogen-bond acceptors (Lipinski definition) is 8. The minimum Gasteiger partial charge on any atom is -0.380 e. The summed E-state index contributed by atoms with van der Waals surface area (Å²) in [5.41, 5.74) is 2.85. The Balaban J connectivity index is 1.62. The SMILES string of the molecule is COCc1ccc(Nc2cc(NC(=O)C3CC3)nc3c2nc(C)n3C2CCCCO2)c(S(C)(=O)=O)c1. The number of rotatable bonds is 8. The van der Waals surface area contributed by atoms with Crippen LogP contribution in [-0.2, 0) is 30.7 Å². The minimum atomic E-state index is -3.55. The first kappa shape index (κ1) is 24.7. The van der Waals surface area contributed by atoms with Gasteiger partial charge >= 0.3 is 0 Å². The van der Waals surface area contributed by atoms with Gasteiger partial charge in [0.05, 0.1) is 22.9 Å². The third kappa shape index (κ3) is 5.09. The number of aromatic nitrogens is 3. The molecule has 1 aliphatic heterocycles. The molecule has 1 saturated carbocycles. The summed E-state index contributed by atoms with van der Waals surface area (Å²) >= 11 is 0. The summed E-state index contributed by atoms with van der Waals surface area (Å²) in [6.07, 6.45) is 5.62. The van der Waals surface area contributed by atoms with Crippen LogP contribution in [0, 0.1) is 12.8 Å². The highest BCUT2D eigenvalue weighted by molar-refractivity contribution is 7.90. The fourth-order valence-electron chi connectivity index (χ4n) is 4.56. The largest absolute Gasteiger partial charge is 0.380 e. The first-order valence-electron chi connectivity index (χ1n) is 12.2. The van der Waals surface area contributed by atoms with Crippen LogP contribution < -0.4 is 10.6 Å². The number of pyridine rings is 1. The number of ether oxygens (including phenoxy) is 2. The van der Waals surface area contributed by atoms with Crippen LogP contribution in [0.1, 0.15) is 49.7 Å². The van der Waals surface area contributed by atoms with Gasteiger partial charge in [-0.1, -0.05) is 6.07 Å². The number of carbonyl (C=O) groups is 1. The number of carbonyl (C=O) groups excluding carboxylic acids is 1. The topological polar surface area (TPSA) is 124 Å². The highest BCUT2D eigenvalue weighted by atomic mass is 32.2. The van der Waals surface area contributed by atoms with Gasteiger partial charge in [-0.2, -0.15) is 0 Å². The number of nitrogens with zero attached hydrogens (tertiary/aromatic N) is 3. The van der Waals surface area contributed by atoms with Crippen molar-refractivity contribution in [2.24, 2.45) is 5.92 Å². The maximum Gasteiger partial charge on any atom is 0.228 e. The standard InChI is InChI=1S/C25H31N5O5S/c1-15-26-23-19(27-18-10-7-16(14-34-2)12-20(18)36(3,32)33)13-21(29-25(31)17-8-9-17)28-24(23)30(15)22-6-4-5-11-35-22/h7,10,12-13,17,22H,4-6,8-9,11,14H2,1-3H3,(H2,27,28,29,31). The second-order valence-electron chi connectivity index (χ2n) is 9.50. The van der Waals surface area contributed by atoms with E-state index >= 15 is 0 Å². The molecule has 2 fully saturated rings. The molecule has 5 rings (SSSR count). The van der Waals surface area contributed by atoms with E-state index in [2.05, 4.69) is 10.6 Å². The monoisotopic (exact) mass is 513 g/mol. The zero-order chi connectivity index (χ0) is 25.4. The van der Waals surface area contributed by atoms with Gasteiger partial charge in [-0.3, -0.25) is 9.36 Å². The van der Waals surface area contributed by atoms with Gasteiger partial charge in [0, 0.05) is 32.0 Å². The van der Waals surface area contributed by atoms with Gasteiger partial charge in [-0.25, -0.2) is 18.4 Å². The number of fused-ring (bicyclic) bond motifs is 1. The van der Waals surface area contributed by atoms with Gasteiger partial charge in [0.1, 0.15) is 23.4 Å². The summed E-state index contributed by atoms with van der Waals surface area (Å²) in [7, 11) is -1.99. The van der Waals surface area contributed by atoms with Gasteiger partial charge < -0.3 is 20.1 Å². The first-order chi connectivity index (χ1) is 17.2. The zero-order valence-electron chi connectivity index (χ0n) is 20.7. The van der Waals surface area contributed by atoms with Gasteiger partial charge in [0.15, 0.2) is 15.5 Å². The lowest BCUT2D eigenvalue weighted by Gasteiger charge is -2.25. The number of anilines is 3. The lowest BCUT2D eigenvalue weighted by atomic mass is 10.2. The number of benzene rings is 1. The van der Waals surface area contributed by atoms with Crippen LogP contribution >= 0.6 is 0 Å². The Kier molecular flexibility index (Phi) is 6.71. The first-order valence-corrected chi connectivity index (χ1v) is 14.0. The highest BCUT2D eigenvalue weighted by Gasteiger charge is 2.30. The van der Waals surface area contributed by atoms with Crippen molar-refractivity contribution >= 4 is 44.1 Å². The van der Waals surface area contributed by atoms with Crippen molar-refractivity contribution in [2.45, 2.75) is 56.8 Å². The summed E-state index contributed by atoms with van der Waals surface area (Å²) in [6.45, 7) is 2.86. The van der Waals surface area contributed by atoms with Gasteiger partial charge in [0.25, 0.3) is 0 Å². The third-order valence-electron chi connectivity index (χ3n) is 6.49. The number of amides is 1. The smallest absolute Gasteiger partial charge is 0.228 e. The maximum absolute atomic E-state index is 12.6. The van der Waals surface area contributed by atoms with Crippen LogP contribution in [0.4, 0.5) is 17.2 Å². The molecule has 2 aliphatic rings. The number of nitrogens with one attached hydrogen (secondary N) is 2. The lowest BCUT2D eigenvalue weighted by molar-refractivity contribution is -0.117. The van der Waals surface area contributed by atoms with E-state index in [1.807, 2.05) is 17.6 Å². The molecule has 0 bridgehead atoms. The summed E-state index contributed by atoms with van der Waals surface area (Å²) in [6, 6.07) is 6.84. The Morgan fingerprint density at radius 3 is 2.64 bits per heavy atom. The Morgan fingerprint density at radius 1 is 1.17 bits per heavy atom. The quantitative estimate of drug-likeness (QED) is 0.462. The van der Waals surface area contributed by atoms with Crippen LogP contribution in [0.15, 0.2) is 29.2 Å². The van der Waals surface area contributed by atoms with Gasteiger partial charge in [-0.15, -0.1) is 0 Å². The predicted octanol–water partition coefficient (Wildman–Crippen LogP) is 4.08. The van der Waals surface area contributed by atoms with E-state index < -0.39 is 9.84 Å². The van der Waals surface area contributed by atoms with Crippen LogP contribution in [0.5, 0.6) is 0 Å². The Hall–Kier alpha value is -3.02. The van der Waals surface area contributed by atoms with Crippen molar-refractivity contribution in [3.63, 3.8) is 0 Å². The second-order valence-corrected chi connectivity index (χ2v) is 11.5. The molecule has 1 atom stereocenters. The Morgan fingerprint density at radius 2 is 1.97 bits per heavy atom. The molecule has 1 unspecified atom stereocenters. The van der Waals surface area contributed by atoms with Crippen molar-refractivity contribution in [1.29, 1.82) is 0 Å². The molecule has 1 aromatic carbocycles. The highest BCUT2D eigenvalue weighted by Crippen LogP contribution is 2.36. The molecule has 0 radical (unpaired) electrons. The van der Waals surface area contributed by atoms with E-state index in [0.717, 1.165) is 43.5 Å². The summed E-state index contributed by atoms with van der Waals surface area (Å²) < 4.78 is 38.4. The van der Waals surface area contributed by atoms with Crippen LogP contribution in [-0.4, -0.2) is 48.8 Å². The fourth-order valence-corrected chi connectivity index (χ4v) is 5.44.